The van der Waals surface area contributed by atoms with Gasteiger partial charge in [0.25, 0.3) is 0 Å². The summed E-state index contributed by atoms with van der Waals surface area (Å²) >= 11 is 6.24. The lowest BCUT2D eigenvalue weighted by molar-refractivity contribution is 0.277. The fourth-order valence-corrected chi connectivity index (χ4v) is 2.57. The Balaban J connectivity index is 2.75. The maximum atomic E-state index is 6.24. The Kier molecular flexibility index (Phi) is 6.01. The molecule has 1 aromatic carbocycles. The highest BCUT2D eigenvalue weighted by atomic mass is 35.5. The minimum atomic E-state index is 0.301. The lowest BCUT2D eigenvalue weighted by atomic mass is 9.79. The van der Waals surface area contributed by atoms with Crippen molar-refractivity contribution in [2.24, 2.45) is 5.41 Å². The third kappa shape index (κ3) is 4.69. The average molecular weight is 254 g/mol. The first-order valence-electron chi connectivity index (χ1n) is 6.55. The van der Waals surface area contributed by atoms with Crippen molar-refractivity contribution in [2.75, 3.05) is 13.1 Å². The van der Waals surface area contributed by atoms with Crippen molar-refractivity contribution < 1.29 is 0 Å². The summed E-state index contributed by atoms with van der Waals surface area (Å²) in [5.74, 6) is 0. The van der Waals surface area contributed by atoms with E-state index in [1.165, 1.54) is 18.4 Å². The lowest BCUT2D eigenvalue weighted by Gasteiger charge is -2.30. The average Bonchev–Trinajstić information content (AvgIpc) is 2.30. The first-order chi connectivity index (χ1) is 8.11. The zero-order valence-electron chi connectivity index (χ0n) is 11.2. The molecule has 96 valence electrons. The fraction of sp³-hybridized carbons (Fsp3) is 0.600. The molecular weight excluding hydrogens is 230 g/mol. The van der Waals surface area contributed by atoms with E-state index < -0.39 is 0 Å². The van der Waals surface area contributed by atoms with Gasteiger partial charge < -0.3 is 5.32 Å². The highest BCUT2D eigenvalue weighted by Crippen LogP contribution is 2.30. The van der Waals surface area contributed by atoms with Gasteiger partial charge in [0.15, 0.2) is 0 Å². The van der Waals surface area contributed by atoms with E-state index in [4.69, 9.17) is 11.6 Å². The number of benzene rings is 1. The first kappa shape index (κ1) is 14.5. The van der Waals surface area contributed by atoms with Crippen molar-refractivity contribution >= 4 is 11.6 Å². The van der Waals surface area contributed by atoms with Crippen LogP contribution in [0, 0.1) is 5.41 Å². The predicted octanol–water partition coefficient (Wildman–Crippen LogP) is 4.30. The molecule has 0 heterocycles. The van der Waals surface area contributed by atoms with Crippen LogP contribution in [0.3, 0.4) is 0 Å². The van der Waals surface area contributed by atoms with E-state index in [1.807, 2.05) is 12.1 Å². The zero-order chi connectivity index (χ0) is 12.7. The SMILES string of the molecule is CCCC(C)(CNCC)Cc1ccccc1Cl. The third-order valence-corrected chi connectivity index (χ3v) is 3.60. The Morgan fingerprint density at radius 3 is 2.53 bits per heavy atom. The van der Waals surface area contributed by atoms with Crippen LogP contribution in [0.25, 0.3) is 0 Å². The molecule has 0 amide bonds. The van der Waals surface area contributed by atoms with Gasteiger partial charge in [0.2, 0.25) is 0 Å². The molecule has 2 heteroatoms. The third-order valence-electron chi connectivity index (χ3n) is 3.23. The summed E-state index contributed by atoms with van der Waals surface area (Å²) in [6.45, 7) is 8.84. The Hall–Kier alpha value is -0.530. The van der Waals surface area contributed by atoms with E-state index in [0.717, 1.165) is 24.5 Å². The largest absolute Gasteiger partial charge is 0.316 e. The van der Waals surface area contributed by atoms with Gasteiger partial charge in [0.1, 0.15) is 0 Å². The first-order valence-corrected chi connectivity index (χ1v) is 6.93. The summed E-state index contributed by atoms with van der Waals surface area (Å²) < 4.78 is 0. The van der Waals surface area contributed by atoms with E-state index in [1.54, 1.807) is 0 Å². The molecule has 1 nitrogen and oxygen atoms in total. The van der Waals surface area contributed by atoms with Crippen LogP contribution in [0.4, 0.5) is 0 Å². The number of hydrogen-bond acceptors (Lipinski definition) is 1. The maximum absolute atomic E-state index is 6.24. The zero-order valence-corrected chi connectivity index (χ0v) is 12.0. The van der Waals surface area contributed by atoms with Crippen molar-refractivity contribution in [2.45, 2.75) is 40.0 Å². The smallest absolute Gasteiger partial charge is 0.0438 e. The number of nitrogens with one attached hydrogen (secondary N) is 1. The molecule has 0 aliphatic carbocycles. The molecule has 0 saturated carbocycles. The Labute approximate surface area is 111 Å². The van der Waals surface area contributed by atoms with Crippen molar-refractivity contribution in [3.05, 3.63) is 34.9 Å². The van der Waals surface area contributed by atoms with Crippen molar-refractivity contribution in [3.8, 4) is 0 Å². The predicted molar refractivity (Wildman–Crippen MR) is 76.7 cm³/mol. The molecule has 0 aromatic heterocycles. The molecule has 0 aliphatic heterocycles. The van der Waals surface area contributed by atoms with Crippen LogP contribution in [-0.4, -0.2) is 13.1 Å². The standard InChI is InChI=1S/C15H24ClN/c1-4-10-15(3,12-17-5-2)11-13-8-6-7-9-14(13)16/h6-9,17H,4-5,10-12H2,1-3H3. The van der Waals surface area contributed by atoms with Gasteiger partial charge in [-0.25, -0.2) is 0 Å². The van der Waals surface area contributed by atoms with Crippen LogP contribution in [0.1, 0.15) is 39.2 Å². The Bertz CT molecular complexity index is 337. The molecule has 0 saturated heterocycles. The summed E-state index contributed by atoms with van der Waals surface area (Å²) in [5.41, 5.74) is 1.57. The van der Waals surface area contributed by atoms with E-state index in [-0.39, 0.29) is 0 Å². The number of rotatable bonds is 7. The molecule has 0 spiro atoms. The molecular formula is C15H24ClN. The number of hydrogen-bond donors (Lipinski definition) is 1. The highest BCUT2D eigenvalue weighted by molar-refractivity contribution is 6.31. The molecule has 1 rings (SSSR count). The summed E-state index contributed by atoms with van der Waals surface area (Å²) in [6.07, 6.45) is 3.49. The van der Waals surface area contributed by atoms with Gasteiger partial charge in [0, 0.05) is 11.6 Å². The second-order valence-electron chi connectivity index (χ2n) is 5.11. The summed E-state index contributed by atoms with van der Waals surface area (Å²) in [7, 11) is 0. The molecule has 0 aliphatic rings. The second kappa shape index (κ2) is 7.03. The molecule has 1 atom stereocenters. The second-order valence-corrected chi connectivity index (χ2v) is 5.52. The van der Waals surface area contributed by atoms with Crippen molar-refractivity contribution in [1.29, 1.82) is 0 Å². The lowest BCUT2D eigenvalue weighted by Crippen LogP contribution is -2.33. The topological polar surface area (TPSA) is 12.0 Å². The van der Waals surface area contributed by atoms with Gasteiger partial charge in [-0.05, 0) is 36.4 Å². The van der Waals surface area contributed by atoms with Crippen molar-refractivity contribution in [3.63, 3.8) is 0 Å². The van der Waals surface area contributed by atoms with Crippen LogP contribution in [0.5, 0.6) is 0 Å². The summed E-state index contributed by atoms with van der Waals surface area (Å²) in [6, 6.07) is 8.19. The van der Waals surface area contributed by atoms with E-state index >= 15 is 0 Å². The Morgan fingerprint density at radius 2 is 1.94 bits per heavy atom. The summed E-state index contributed by atoms with van der Waals surface area (Å²) in [4.78, 5) is 0. The molecule has 0 fully saturated rings. The van der Waals surface area contributed by atoms with E-state index in [9.17, 15) is 0 Å². The maximum Gasteiger partial charge on any atom is 0.0438 e. The fourth-order valence-electron chi connectivity index (χ4n) is 2.37. The minimum Gasteiger partial charge on any atom is -0.316 e. The van der Waals surface area contributed by atoms with Crippen LogP contribution >= 0.6 is 11.6 Å². The van der Waals surface area contributed by atoms with Crippen LogP contribution in [-0.2, 0) is 6.42 Å². The molecule has 1 N–H and O–H groups in total. The molecule has 1 aromatic rings. The quantitative estimate of drug-likeness (QED) is 0.764. The van der Waals surface area contributed by atoms with E-state index in [2.05, 4.69) is 38.2 Å². The van der Waals surface area contributed by atoms with Gasteiger partial charge in [-0.1, -0.05) is 57.0 Å². The molecule has 17 heavy (non-hydrogen) atoms. The molecule has 0 radical (unpaired) electrons. The van der Waals surface area contributed by atoms with Gasteiger partial charge in [-0.3, -0.25) is 0 Å². The van der Waals surface area contributed by atoms with Gasteiger partial charge >= 0.3 is 0 Å². The Morgan fingerprint density at radius 1 is 1.24 bits per heavy atom. The molecule has 0 bridgehead atoms. The van der Waals surface area contributed by atoms with Gasteiger partial charge in [-0.2, -0.15) is 0 Å². The summed E-state index contributed by atoms with van der Waals surface area (Å²) in [5, 5.41) is 4.37. The highest BCUT2D eigenvalue weighted by Gasteiger charge is 2.24. The normalized spacial score (nSPS) is 14.6. The van der Waals surface area contributed by atoms with Crippen LogP contribution in [0.15, 0.2) is 24.3 Å². The number of halogens is 1. The van der Waals surface area contributed by atoms with E-state index in [0.29, 0.717) is 5.41 Å². The van der Waals surface area contributed by atoms with Crippen LogP contribution < -0.4 is 5.32 Å². The van der Waals surface area contributed by atoms with Crippen molar-refractivity contribution in [1.82, 2.24) is 5.32 Å². The van der Waals surface area contributed by atoms with Gasteiger partial charge in [-0.15, -0.1) is 0 Å². The van der Waals surface area contributed by atoms with Crippen LogP contribution in [0.2, 0.25) is 5.02 Å². The monoisotopic (exact) mass is 253 g/mol. The minimum absolute atomic E-state index is 0.301. The van der Waals surface area contributed by atoms with Gasteiger partial charge in [0.05, 0.1) is 0 Å². The molecule has 1 unspecified atom stereocenters.